The fraction of sp³-hybridized carbons (Fsp3) is 0.276. The molecule has 0 aliphatic carbocycles. The zero-order valence-electron chi connectivity index (χ0n) is 21.1. The number of aromatic nitrogens is 3. The summed E-state index contributed by atoms with van der Waals surface area (Å²) in [4.78, 5) is 22.7. The average molecular weight is 511 g/mol. The van der Waals surface area contributed by atoms with Crippen molar-refractivity contribution in [2.75, 3.05) is 57.4 Å². The van der Waals surface area contributed by atoms with Crippen molar-refractivity contribution in [2.24, 2.45) is 0 Å². The third-order valence-electron chi connectivity index (χ3n) is 7.04. The molecule has 0 saturated carbocycles. The molecule has 1 amide bonds. The van der Waals surface area contributed by atoms with Crippen molar-refractivity contribution in [3.05, 3.63) is 71.4 Å². The molecule has 4 heterocycles. The molecule has 0 unspecified atom stereocenters. The number of aromatic hydroxyl groups is 1. The Morgan fingerprint density at radius 1 is 0.974 bits per heavy atom. The quantitative estimate of drug-likeness (QED) is 0.378. The largest absolute Gasteiger partial charge is 0.508 e. The number of rotatable bonds is 5. The maximum absolute atomic E-state index is 13.7. The SMILES string of the molecule is O=C(c1cc(-c2ccc(O)cc2)nc2[nH]nc(C=Cc3cccc(N4CCOCC4)c3)c12)N1CCNCC1. The molecule has 0 radical (unpaired) electrons. The summed E-state index contributed by atoms with van der Waals surface area (Å²) in [6.45, 7) is 6.06. The number of ether oxygens (including phenoxy) is 1. The number of carbonyl (C=O) groups excluding carboxylic acids is 1. The van der Waals surface area contributed by atoms with Gasteiger partial charge in [-0.2, -0.15) is 5.10 Å². The first-order chi connectivity index (χ1) is 18.7. The Bertz CT molecular complexity index is 1470. The van der Waals surface area contributed by atoms with Crippen LogP contribution in [-0.4, -0.2) is 83.6 Å². The van der Waals surface area contributed by atoms with Gasteiger partial charge in [-0.1, -0.05) is 18.2 Å². The summed E-state index contributed by atoms with van der Waals surface area (Å²) >= 11 is 0. The normalized spacial score (nSPS) is 16.4. The van der Waals surface area contributed by atoms with Gasteiger partial charge in [0.25, 0.3) is 5.91 Å². The van der Waals surface area contributed by atoms with Gasteiger partial charge in [0.15, 0.2) is 5.65 Å². The first kappa shape index (κ1) is 24.1. The molecule has 4 aromatic rings. The van der Waals surface area contributed by atoms with E-state index in [1.54, 1.807) is 24.3 Å². The number of pyridine rings is 1. The summed E-state index contributed by atoms with van der Waals surface area (Å²) in [7, 11) is 0. The number of aromatic amines is 1. The highest BCUT2D eigenvalue weighted by Gasteiger charge is 2.24. The molecule has 38 heavy (non-hydrogen) atoms. The number of benzene rings is 2. The lowest BCUT2D eigenvalue weighted by atomic mass is 10.0. The number of H-pyrrole nitrogens is 1. The molecule has 0 atom stereocenters. The molecular weight excluding hydrogens is 480 g/mol. The van der Waals surface area contributed by atoms with E-state index in [9.17, 15) is 9.90 Å². The van der Waals surface area contributed by atoms with Crippen LogP contribution in [0.2, 0.25) is 0 Å². The average Bonchev–Trinajstić information content (AvgIpc) is 3.40. The second-order valence-electron chi connectivity index (χ2n) is 9.50. The van der Waals surface area contributed by atoms with Crippen LogP contribution in [0.1, 0.15) is 21.6 Å². The molecule has 2 aromatic carbocycles. The number of anilines is 1. The number of hydrogen-bond donors (Lipinski definition) is 3. The minimum atomic E-state index is -0.0377. The van der Waals surface area contributed by atoms with Crippen LogP contribution in [0.5, 0.6) is 5.75 Å². The van der Waals surface area contributed by atoms with Gasteiger partial charge in [0, 0.05) is 50.5 Å². The number of phenolic OH excluding ortho intramolecular Hbond substituents is 1. The van der Waals surface area contributed by atoms with Gasteiger partial charge in [-0.3, -0.25) is 9.89 Å². The number of piperazine rings is 1. The number of fused-ring (bicyclic) bond motifs is 1. The number of nitrogens with one attached hydrogen (secondary N) is 2. The van der Waals surface area contributed by atoms with Crippen molar-refractivity contribution in [3.8, 4) is 17.0 Å². The molecule has 2 fully saturated rings. The van der Waals surface area contributed by atoms with Crippen LogP contribution in [0.25, 0.3) is 34.4 Å². The van der Waals surface area contributed by atoms with E-state index in [0.29, 0.717) is 41.1 Å². The van der Waals surface area contributed by atoms with Crippen LogP contribution in [0.3, 0.4) is 0 Å². The van der Waals surface area contributed by atoms with Crippen LogP contribution < -0.4 is 10.2 Å². The highest BCUT2D eigenvalue weighted by molar-refractivity contribution is 6.09. The molecule has 0 spiro atoms. The molecule has 3 N–H and O–H groups in total. The van der Waals surface area contributed by atoms with Gasteiger partial charge >= 0.3 is 0 Å². The number of morpholine rings is 1. The van der Waals surface area contributed by atoms with Crippen LogP contribution in [0.15, 0.2) is 54.6 Å². The number of amides is 1. The number of carbonyl (C=O) groups is 1. The molecule has 2 aliphatic rings. The maximum Gasteiger partial charge on any atom is 0.254 e. The lowest BCUT2D eigenvalue weighted by Gasteiger charge is -2.29. The summed E-state index contributed by atoms with van der Waals surface area (Å²) < 4.78 is 5.49. The predicted octanol–water partition coefficient (Wildman–Crippen LogP) is 3.38. The minimum Gasteiger partial charge on any atom is -0.508 e. The summed E-state index contributed by atoms with van der Waals surface area (Å²) in [5, 5.41) is 21.3. The second kappa shape index (κ2) is 10.6. The third-order valence-corrected chi connectivity index (χ3v) is 7.04. The van der Waals surface area contributed by atoms with E-state index in [1.807, 2.05) is 23.1 Å². The molecule has 194 valence electrons. The van der Waals surface area contributed by atoms with Crippen LogP contribution in [0.4, 0.5) is 5.69 Å². The number of hydrogen-bond acceptors (Lipinski definition) is 7. The fourth-order valence-corrected chi connectivity index (χ4v) is 4.98. The van der Waals surface area contributed by atoms with Gasteiger partial charge < -0.3 is 25.0 Å². The van der Waals surface area contributed by atoms with Crippen molar-refractivity contribution in [2.45, 2.75) is 0 Å². The molecule has 9 heteroatoms. The molecule has 2 aromatic heterocycles. The molecular formula is C29H30N6O3. The monoisotopic (exact) mass is 510 g/mol. The van der Waals surface area contributed by atoms with E-state index < -0.39 is 0 Å². The Labute approximate surface area is 220 Å². The molecule has 6 rings (SSSR count). The van der Waals surface area contributed by atoms with E-state index in [-0.39, 0.29) is 11.7 Å². The Kier molecular flexibility index (Phi) is 6.76. The summed E-state index contributed by atoms with van der Waals surface area (Å²) in [6, 6.07) is 17.0. The highest BCUT2D eigenvalue weighted by Crippen LogP contribution is 2.29. The van der Waals surface area contributed by atoms with Crippen molar-refractivity contribution in [1.29, 1.82) is 0 Å². The molecule has 0 bridgehead atoms. The molecule has 9 nitrogen and oxygen atoms in total. The Hall–Kier alpha value is -4.21. The van der Waals surface area contributed by atoms with Gasteiger partial charge in [-0.05, 0) is 54.1 Å². The smallest absolute Gasteiger partial charge is 0.254 e. The Morgan fingerprint density at radius 3 is 2.55 bits per heavy atom. The standard InChI is InChI=1S/C29H30N6O3/c36-23-7-5-21(6-8-23)26-19-24(29(37)35-12-10-30-11-13-35)27-25(32-33-28(27)31-26)9-4-20-2-1-3-22(18-20)34-14-16-38-17-15-34/h1-9,18-19,30,36H,10-17H2,(H,31,32,33). The van der Waals surface area contributed by atoms with E-state index in [1.165, 1.54) is 0 Å². The minimum absolute atomic E-state index is 0.0377. The summed E-state index contributed by atoms with van der Waals surface area (Å²) in [5.41, 5.74) is 5.45. The van der Waals surface area contributed by atoms with Crippen LogP contribution in [0, 0.1) is 0 Å². The van der Waals surface area contributed by atoms with Crippen molar-refractivity contribution >= 4 is 34.8 Å². The summed E-state index contributed by atoms with van der Waals surface area (Å²) in [5.74, 6) is 0.142. The van der Waals surface area contributed by atoms with Crippen LogP contribution in [-0.2, 0) is 4.74 Å². The van der Waals surface area contributed by atoms with Gasteiger partial charge in [0.2, 0.25) is 0 Å². The lowest BCUT2D eigenvalue weighted by molar-refractivity contribution is 0.0737. The Morgan fingerprint density at radius 2 is 1.76 bits per heavy atom. The van der Waals surface area contributed by atoms with Crippen molar-refractivity contribution < 1.29 is 14.6 Å². The second-order valence-corrected chi connectivity index (χ2v) is 9.50. The van der Waals surface area contributed by atoms with Gasteiger partial charge in [-0.25, -0.2) is 4.98 Å². The maximum atomic E-state index is 13.7. The van der Waals surface area contributed by atoms with Crippen molar-refractivity contribution in [1.82, 2.24) is 25.4 Å². The summed E-state index contributed by atoms with van der Waals surface area (Å²) in [6.07, 6.45) is 3.96. The van der Waals surface area contributed by atoms with E-state index in [4.69, 9.17) is 9.72 Å². The lowest BCUT2D eigenvalue weighted by Crippen LogP contribution is -2.46. The zero-order chi connectivity index (χ0) is 25.9. The molecule has 2 aliphatic heterocycles. The molecule has 2 saturated heterocycles. The van der Waals surface area contributed by atoms with Crippen molar-refractivity contribution in [3.63, 3.8) is 0 Å². The van der Waals surface area contributed by atoms with Crippen LogP contribution >= 0.6 is 0 Å². The van der Waals surface area contributed by atoms with E-state index in [2.05, 4.69) is 44.7 Å². The first-order valence-corrected chi connectivity index (χ1v) is 12.9. The van der Waals surface area contributed by atoms with Gasteiger partial charge in [0.1, 0.15) is 5.75 Å². The Balaban J connectivity index is 1.38. The van der Waals surface area contributed by atoms with E-state index in [0.717, 1.165) is 56.2 Å². The first-order valence-electron chi connectivity index (χ1n) is 12.9. The fourth-order valence-electron chi connectivity index (χ4n) is 4.98. The highest BCUT2D eigenvalue weighted by atomic mass is 16.5. The number of phenols is 1. The van der Waals surface area contributed by atoms with E-state index >= 15 is 0 Å². The predicted molar refractivity (Wildman–Crippen MR) is 148 cm³/mol. The number of nitrogens with zero attached hydrogens (tertiary/aromatic N) is 4. The van der Waals surface area contributed by atoms with Gasteiger partial charge in [-0.15, -0.1) is 0 Å². The topological polar surface area (TPSA) is 107 Å². The zero-order valence-corrected chi connectivity index (χ0v) is 21.1. The van der Waals surface area contributed by atoms with Gasteiger partial charge in [0.05, 0.1) is 35.6 Å². The third kappa shape index (κ3) is 4.98.